The summed E-state index contributed by atoms with van der Waals surface area (Å²) in [5.74, 6) is -0.445. The van der Waals surface area contributed by atoms with E-state index in [2.05, 4.69) is 21.2 Å². The molecule has 0 aromatic heterocycles. The minimum absolute atomic E-state index is 0.00581. The van der Waals surface area contributed by atoms with Gasteiger partial charge in [-0.05, 0) is 43.2 Å². The van der Waals surface area contributed by atoms with E-state index < -0.39 is 6.17 Å². The van der Waals surface area contributed by atoms with E-state index in [1.165, 1.54) is 6.07 Å². The molecule has 2 atom stereocenters. The van der Waals surface area contributed by atoms with Gasteiger partial charge in [-0.25, -0.2) is 4.39 Å². The zero-order valence-corrected chi connectivity index (χ0v) is 15.1. The monoisotopic (exact) mass is 404 g/mol. The van der Waals surface area contributed by atoms with E-state index >= 15 is 0 Å². The number of rotatable bonds is 3. The molecule has 4 nitrogen and oxygen atoms in total. The highest BCUT2D eigenvalue weighted by Gasteiger charge is 2.36. The number of nitrogens with zero attached hydrogens (tertiary/aromatic N) is 1. The quantitative estimate of drug-likeness (QED) is 0.827. The number of carbonyl (C=O) groups is 1. The number of nitrogens with one attached hydrogen (secondary N) is 1. The first-order valence-corrected chi connectivity index (χ1v) is 9.16. The highest BCUT2D eigenvalue weighted by Crippen LogP contribution is 2.35. The van der Waals surface area contributed by atoms with Crippen molar-refractivity contribution in [3.05, 3.63) is 63.9 Å². The third-order valence-electron chi connectivity index (χ3n) is 4.70. The summed E-state index contributed by atoms with van der Waals surface area (Å²) in [7, 11) is 0. The lowest BCUT2D eigenvalue weighted by atomic mass is 10.0. The lowest BCUT2D eigenvalue weighted by Crippen LogP contribution is -2.46. The summed E-state index contributed by atoms with van der Waals surface area (Å²) in [6, 6.07) is 12.1. The molecule has 2 aromatic rings. The zero-order chi connectivity index (χ0) is 17.4. The summed E-state index contributed by atoms with van der Waals surface area (Å²) < 4.78 is 21.0. The number of para-hydroxylation sites is 1. The molecule has 0 radical (unpaired) electrons. The molecule has 2 aliphatic rings. The molecule has 130 valence electrons. The van der Waals surface area contributed by atoms with Gasteiger partial charge in [-0.2, -0.15) is 0 Å². The van der Waals surface area contributed by atoms with E-state index in [1.807, 2.05) is 18.2 Å². The molecule has 6 heteroatoms. The zero-order valence-electron chi connectivity index (χ0n) is 13.5. The van der Waals surface area contributed by atoms with Crippen LogP contribution >= 0.6 is 15.9 Å². The van der Waals surface area contributed by atoms with Gasteiger partial charge in [0.25, 0.3) is 5.91 Å². The Labute approximate surface area is 154 Å². The molecule has 2 aromatic carbocycles. The largest absolute Gasteiger partial charge is 0.376 e. The summed E-state index contributed by atoms with van der Waals surface area (Å²) in [6.45, 7) is 1.16. The summed E-state index contributed by atoms with van der Waals surface area (Å²) in [6.07, 6.45) is 1.34. The van der Waals surface area contributed by atoms with Crippen LogP contribution in [0, 0.1) is 5.82 Å². The predicted molar refractivity (Wildman–Crippen MR) is 96.9 cm³/mol. The Morgan fingerprint density at radius 1 is 1.28 bits per heavy atom. The molecule has 2 heterocycles. The Balaban J connectivity index is 1.75. The molecule has 1 amide bonds. The smallest absolute Gasteiger partial charge is 0.257 e. The van der Waals surface area contributed by atoms with Crippen LogP contribution in [0.2, 0.25) is 0 Å². The topological polar surface area (TPSA) is 41.6 Å². The molecule has 0 unspecified atom stereocenters. The minimum Gasteiger partial charge on any atom is -0.376 e. The molecule has 1 N–H and O–H groups in total. The normalized spacial score (nSPS) is 22.6. The van der Waals surface area contributed by atoms with Gasteiger partial charge in [-0.1, -0.05) is 28.1 Å². The number of hydrogen-bond acceptors (Lipinski definition) is 3. The lowest BCUT2D eigenvalue weighted by Gasteiger charge is -2.39. The van der Waals surface area contributed by atoms with Crippen molar-refractivity contribution in [2.24, 2.45) is 0 Å². The first kappa shape index (κ1) is 16.5. The summed E-state index contributed by atoms with van der Waals surface area (Å²) in [5.41, 5.74) is 1.77. The maximum Gasteiger partial charge on any atom is 0.257 e. The van der Waals surface area contributed by atoms with Crippen molar-refractivity contribution < 1.29 is 13.9 Å². The van der Waals surface area contributed by atoms with Crippen molar-refractivity contribution in [3.63, 3.8) is 0 Å². The third-order valence-corrected chi connectivity index (χ3v) is 5.19. The number of carbonyl (C=O) groups excluding carboxylic acids is 1. The second-order valence-electron chi connectivity index (χ2n) is 6.35. The van der Waals surface area contributed by atoms with Crippen LogP contribution in [0.15, 0.2) is 46.9 Å². The maximum atomic E-state index is 14.5. The fourth-order valence-electron chi connectivity index (χ4n) is 3.46. The number of amides is 1. The van der Waals surface area contributed by atoms with Crippen LogP contribution in [-0.4, -0.2) is 30.1 Å². The van der Waals surface area contributed by atoms with Crippen molar-refractivity contribution in [3.8, 4) is 0 Å². The van der Waals surface area contributed by atoms with E-state index in [9.17, 15) is 9.18 Å². The average Bonchev–Trinajstić information content (AvgIpc) is 3.13. The Morgan fingerprint density at radius 3 is 2.92 bits per heavy atom. The van der Waals surface area contributed by atoms with Crippen LogP contribution in [0.25, 0.3) is 0 Å². The van der Waals surface area contributed by atoms with Crippen LogP contribution in [0.4, 0.5) is 10.1 Å². The van der Waals surface area contributed by atoms with E-state index in [0.717, 1.165) is 23.0 Å². The standard InChI is InChI=1S/C19H18BrFN2O2/c20-12-7-8-16(21)15(10-12)18-22-17-6-2-1-5-14(17)19(24)23(18)11-13-4-3-9-25-13/h1-2,5-8,10,13,18,22H,3-4,9,11H2/t13-,18-/m0/s1. The predicted octanol–water partition coefficient (Wildman–Crippen LogP) is 4.33. The molecule has 25 heavy (non-hydrogen) atoms. The molecule has 0 saturated carbocycles. The second kappa shape index (κ2) is 6.77. The molecular weight excluding hydrogens is 387 g/mol. The fraction of sp³-hybridized carbons (Fsp3) is 0.316. The van der Waals surface area contributed by atoms with Crippen molar-refractivity contribution in [2.45, 2.75) is 25.1 Å². The SMILES string of the molecule is O=C1c2ccccc2N[C@H](c2cc(Br)ccc2F)N1C[C@@H]1CCCO1. The fourth-order valence-corrected chi connectivity index (χ4v) is 3.84. The number of ether oxygens (including phenoxy) is 1. The minimum atomic E-state index is -0.566. The maximum absolute atomic E-state index is 14.5. The van der Waals surface area contributed by atoms with Crippen molar-refractivity contribution >= 4 is 27.5 Å². The molecule has 0 bridgehead atoms. The van der Waals surface area contributed by atoms with Crippen LogP contribution < -0.4 is 5.32 Å². The Hall–Kier alpha value is -1.92. The first-order chi connectivity index (χ1) is 12.1. The average molecular weight is 405 g/mol. The third kappa shape index (κ3) is 3.16. The molecule has 1 fully saturated rings. The van der Waals surface area contributed by atoms with Gasteiger partial charge < -0.3 is 15.0 Å². The molecule has 4 rings (SSSR count). The van der Waals surface area contributed by atoms with Crippen molar-refractivity contribution in [2.75, 3.05) is 18.5 Å². The van der Waals surface area contributed by atoms with Crippen LogP contribution in [0.3, 0.4) is 0 Å². The number of hydrogen-bond donors (Lipinski definition) is 1. The lowest BCUT2D eigenvalue weighted by molar-refractivity contribution is 0.0423. The Kier molecular flexibility index (Phi) is 4.48. The van der Waals surface area contributed by atoms with E-state index in [1.54, 1.807) is 23.1 Å². The van der Waals surface area contributed by atoms with E-state index in [4.69, 9.17) is 4.74 Å². The molecule has 0 aliphatic carbocycles. The number of halogens is 2. The summed E-state index contributed by atoms with van der Waals surface area (Å²) in [5, 5.41) is 3.32. The Bertz CT molecular complexity index is 808. The van der Waals surface area contributed by atoms with Gasteiger partial charge in [-0.3, -0.25) is 4.79 Å². The van der Waals surface area contributed by atoms with E-state index in [0.29, 0.717) is 24.3 Å². The van der Waals surface area contributed by atoms with Crippen LogP contribution in [0.5, 0.6) is 0 Å². The molecule has 1 saturated heterocycles. The van der Waals surface area contributed by atoms with Crippen molar-refractivity contribution in [1.82, 2.24) is 4.90 Å². The van der Waals surface area contributed by atoms with Gasteiger partial charge >= 0.3 is 0 Å². The number of fused-ring (bicyclic) bond motifs is 1. The van der Waals surface area contributed by atoms with Gasteiger partial charge in [0.2, 0.25) is 0 Å². The van der Waals surface area contributed by atoms with Gasteiger partial charge in [-0.15, -0.1) is 0 Å². The summed E-state index contributed by atoms with van der Waals surface area (Å²) in [4.78, 5) is 14.8. The van der Waals surface area contributed by atoms with Gasteiger partial charge in [0.1, 0.15) is 12.0 Å². The highest BCUT2D eigenvalue weighted by atomic mass is 79.9. The number of anilines is 1. The van der Waals surface area contributed by atoms with Crippen LogP contribution in [0.1, 0.15) is 34.9 Å². The summed E-state index contributed by atoms with van der Waals surface area (Å²) >= 11 is 3.40. The second-order valence-corrected chi connectivity index (χ2v) is 7.27. The Morgan fingerprint density at radius 2 is 2.12 bits per heavy atom. The van der Waals surface area contributed by atoms with Crippen molar-refractivity contribution in [1.29, 1.82) is 0 Å². The van der Waals surface area contributed by atoms with Gasteiger partial charge in [0, 0.05) is 28.9 Å². The first-order valence-electron chi connectivity index (χ1n) is 8.36. The van der Waals surface area contributed by atoms with Crippen LogP contribution in [-0.2, 0) is 4.74 Å². The highest BCUT2D eigenvalue weighted by molar-refractivity contribution is 9.10. The molecule has 2 aliphatic heterocycles. The molecular formula is C19H18BrFN2O2. The number of benzene rings is 2. The molecule has 0 spiro atoms. The van der Waals surface area contributed by atoms with Gasteiger partial charge in [0.15, 0.2) is 0 Å². The van der Waals surface area contributed by atoms with Gasteiger partial charge in [0.05, 0.1) is 11.7 Å². The van der Waals surface area contributed by atoms with E-state index in [-0.39, 0.29) is 17.8 Å².